The van der Waals surface area contributed by atoms with Gasteiger partial charge in [-0.3, -0.25) is 0 Å². The SMILES string of the molecule is CSc1noc(-c2ccc(Cl)cc2)c1C#N. The summed E-state index contributed by atoms with van der Waals surface area (Å²) in [5.41, 5.74) is 1.27. The first-order valence-corrected chi connectivity index (χ1v) is 6.06. The maximum Gasteiger partial charge on any atom is 0.185 e. The summed E-state index contributed by atoms with van der Waals surface area (Å²) >= 11 is 7.18. The average molecular weight is 251 g/mol. The Kier molecular flexibility index (Phi) is 3.18. The molecule has 1 aromatic heterocycles. The summed E-state index contributed by atoms with van der Waals surface area (Å²) < 4.78 is 5.17. The Labute approximate surface area is 102 Å². The van der Waals surface area contributed by atoms with Gasteiger partial charge in [0.05, 0.1) is 0 Å². The van der Waals surface area contributed by atoms with E-state index in [0.29, 0.717) is 21.4 Å². The molecule has 0 saturated carbocycles. The van der Waals surface area contributed by atoms with Crippen molar-refractivity contribution in [1.29, 1.82) is 5.26 Å². The highest BCUT2D eigenvalue weighted by Gasteiger charge is 2.16. The van der Waals surface area contributed by atoms with Crippen LogP contribution in [0.5, 0.6) is 0 Å². The molecule has 0 radical (unpaired) electrons. The summed E-state index contributed by atoms with van der Waals surface area (Å²) in [4.78, 5) is 0. The highest BCUT2D eigenvalue weighted by atomic mass is 35.5. The molecule has 0 fully saturated rings. The van der Waals surface area contributed by atoms with Crippen molar-refractivity contribution in [2.24, 2.45) is 0 Å². The minimum atomic E-state index is 0.467. The highest BCUT2D eigenvalue weighted by molar-refractivity contribution is 7.98. The van der Waals surface area contributed by atoms with Gasteiger partial charge >= 0.3 is 0 Å². The molecule has 0 amide bonds. The second-order valence-electron chi connectivity index (χ2n) is 3.01. The molecule has 1 heterocycles. The summed E-state index contributed by atoms with van der Waals surface area (Å²) in [5.74, 6) is 0.489. The minimum Gasteiger partial charge on any atom is -0.354 e. The molecule has 0 N–H and O–H groups in total. The molecule has 2 rings (SSSR count). The van der Waals surface area contributed by atoms with Gasteiger partial charge in [0.1, 0.15) is 11.6 Å². The van der Waals surface area contributed by atoms with Crippen molar-refractivity contribution < 1.29 is 4.52 Å². The fourth-order valence-electron chi connectivity index (χ4n) is 1.31. The molecule has 5 heteroatoms. The van der Waals surface area contributed by atoms with E-state index >= 15 is 0 Å². The van der Waals surface area contributed by atoms with Crippen LogP contribution < -0.4 is 0 Å². The van der Waals surface area contributed by atoms with E-state index in [4.69, 9.17) is 21.4 Å². The molecule has 1 aromatic carbocycles. The Morgan fingerprint density at radius 2 is 2.06 bits per heavy atom. The average Bonchev–Trinajstić information content (AvgIpc) is 2.72. The van der Waals surface area contributed by atoms with Crippen LogP contribution in [0.4, 0.5) is 0 Å². The van der Waals surface area contributed by atoms with Crippen molar-refractivity contribution in [3.05, 3.63) is 34.9 Å². The molecule has 0 saturated heterocycles. The Hall–Kier alpha value is -1.44. The van der Waals surface area contributed by atoms with Crippen LogP contribution in [0.1, 0.15) is 5.56 Å². The summed E-state index contributed by atoms with van der Waals surface area (Å²) in [6, 6.07) is 9.20. The largest absolute Gasteiger partial charge is 0.354 e. The Morgan fingerprint density at radius 1 is 1.38 bits per heavy atom. The van der Waals surface area contributed by atoms with Gasteiger partial charge in [0.15, 0.2) is 10.8 Å². The molecule has 80 valence electrons. The van der Waals surface area contributed by atoms with E-state index < -0.39 is 0 Å². The number of hydrogen-bond acceptors (Lipinski definition) is 4. The fourth-order valence-corrected chi connectivity index (χ4v) is 1.89. The summed E-state index contributed by atoms with van der Waals surface area (Å²) in [5, 5.41) is 14.1. The first-order chi connectivity index (χ1) is 7.76. The van der Waals surface area contributed by atoms with Crippen molar-refractivity contribution in [1.82, 2.24) is 5.16 Å². The third-order valence-corrected chi connectivity index (χ3v) is 2.99. The molecule has 0 bridgehead atoms. The number of nitrogens with zero attached hydrogens (tertiary/aromatic N) is 2. The van der Waals surface area contributed by atoms with Gasteiger partial charge in [-0.15, -0.1) is 11.8 Å². The molecular formula is C11H7ClN2OS. The summed E-state index contributed by atoms with van der Waals surface area (Å²) in [6.07, 6.45) is 1.85. The maximum atomic E-state index is 9.05. The van der Waals surface area contributed by atoms with Gasteiger partial charge in [0.25, 0.3) is 0 Å². The van der Waals surface area contributed by atoms with E-state index in [1.807, 2.05) is 6.26 Å². The quantitative estimate of drug-likeness (QED) is 0.765. The molecule has 0 atom stereocenters. The first-order valence-electron chi connectivity index (χ1n) is 4.46. The molecule has 3 nitrogen and oxygen atoms in total. The van der Waals surface area contributed by atoms with Crippen LogP contribution in [0.2, 0.25) is 5.02 Å². The second kappa shape index (κ2) is 4.60. The van der Waals surface area contributed by atoms with Crippen molar-refractivity contribution in [3.8, 4) is 17.4 Å². The standard InChI is InChI=1S/C11H7ClN2OS/c1-16-11-9(6-13)10(15-14-11)7-2-4-8(12)5-3-7/h2-5H,1H3. The lowest BCUT2D eigenvalue weighted by molar-refractivity contribution is 0.415. The highest BCUT2D eigenvalue weighted by Crippen LogP contribution is 2.30. The van der Waals surface area contributed by atoms with Gasteiger partial charge in [-0.1, -0.05) is 16.8 Å². The van der Waals surface area contributed by atoms with Gasteiger partial charge in [0, 0.05) is 10.6 Å². The molecule has 2 aromatic rings. The van der Waals surface area contributed by atoms with Gasteiger partial charge < -0.3 is 4.52 Å². The molecular weight excluding hydrogens is 244 g/mol. The zero-order chi connectivity index (χ0) is 11.5. The topological polar surface area (TPSA) is 49.8 Å². The fraction of sp³-hybridized carbons (Fsp3) is 0.0909. The third-order valence-electron chi connectivity index (χ3n) is 2.07. The molecule has 0 aliphatic heterocycles. The van der Waals surface area contributed by atoms with E-state index in [1.165, 1.54) is 11.8 Å². The number of aromatic nitrogens is 1. The molecule has 0 spiro atoms. The lowest BCUT2D eigenvalue weighted by Crippen LogP contribution is -1.80. The van der Waals surface area contributed by atoms with Crippen LogP contribution in [0, 0.1) is 11.3 Å². The van der Waals surface area contributed by atoms with Crippen LogP contribution in [0.3, 0.4) is 0 Å². The van der Waals surface area contributed by atoms with Crippen LogP contribution >= 0.6 is 23.4 Å². The molecule has 0 aliphatic carbocycles. The lowest BCUT2D eigenvalue weighted by Gasteiger charge is -1.96. The van der Waals surface area contributed by atoms with Crippen LogP contribution in [0.15, 0.2) is 33.8 Å². The Morgan fingerprint density at radius 3 is 2.62 bits per heavy atom. The number of nitriles is 1. The van der Waals surface area contributed by atoms with Gasteiger partial charge in [-0.2, -0.15) is 5.26 Å². The molecule has 0 unspecified atom stereocenters. The maximum absolute atomic E-state index is 9.05. The van der Waals surface area contributed by atoms with Crippen LogP contribution in [-0.4, -0.2) is 11.4 Å². The van der Waals surface area contributed by atoms with E-state index in [9.17, 15) is 0 Å². The number of hydrogen-bond donors (Lipinski definition) is 0. The van der Waals surface area contributed by atoms with Gasteiger partial charge in [0.2, 0.25) is 0 Å². The lowest BCUT2D eigenvalue weighted by atomic mass is 10.1. The van der Waals surface area contributed by atoms with Crippen LogP contribution in [0.25, 0.3) is 11.3 Å². The summed E-state index contributed by atoms with van der Waals surface area (Å²) in [7, 11) is 0. The normalized spacial score (nSPS) is 10.1. The number of halogens is 1. The second-order valence-corrected chi connectivity index (χ2v) is 4.25. The Balaban J connectivity index is 2.52. The monoisotopic (exact) mass is 250 g/mol. The van der Waals surface area contributed by atoms with Gasteiger partial charge in [-0.05, 0) is 30.5 Å². The Bertz CT molecular complexity index is 542. The van der Waals surface area contributed by atoms with Crippen molar-refractivity contribution in [2.75, 3.05) is 6.26 Å². The molecule has 0 aliphatic rings. The predicted octanol–water partition coefficient (Wildman–Crippen LogP) is 3.59. The number of thioether (sulfide) groups is 1. The predicted molar refractivity (Wildman–Crippen MR) is 63.4 cm³/mol. The molecule has 16 heavy (non-hydrogen) atoms. The number of benzene rings is 1. The third kappa shape index (κ3) is 1.92. The van der Waals surface area contributed by atoms with Crippen molar-refractivity contribution >= 4 is 23.4 Å². The zero-order valence-electron chi connectivity index (χ0n) is 8.40. The van der Waals surface area contributed by atoms with Gasteiger partial charge in [-0.25, -0.2) is 0 Å². The van der Waals surface area contributed by atoms with E-state index in [0.717, 1.165) is 5.56 Å². The van der Waals surface area contributed by atoms with E-state index in [-0.39, 0.29) is 0 Å². The minimum absolute atomic E-state index is 0.467. The smallest absolute Gasteiger partial charge is 0.185 e. The van der Waals surface area contributed by atoms with Crippen LogP contribution in [-0.2, 0) is 0 Å². The van der Waals surface area contributed by atoms with Crippen molar-refractivity contribution in [3.63, 3.8) is 0 Å². The van der Waals surface area contributed by atoms with E-state index in [1.54, 1.807) is 24.3 Å². The number of rotatable bonds is 2. The van der Waals surface area contributed by atoms with E-state index in [2.05, 4.69) is 11.2 Å². The first kappa shape index (κ1) is 11.1. The van der Waals surface area contributed by atoms with Crippen molar-refractivity contribution in [2.45, 2.75) is 5.03 Å². The zero-order valence-corrected chi connectivity index (χ0v) is 9.97. The summed E-state index contributed by atoms with van der Waals surface area (Å²) in [6.45, 7) is 0.